The first-order valence-corrected chi connectivity index (χ1v) is 7.54. The summed E-state index contributed by atoms with van der Waals surface area (Å²) in [4.78, 5) is 11.9. The van der Waals surface area contributed by atoms with Gasteiger partial charge in [0.2, 0.25) is 0 Å². The number of nitrogens with one attached hydrogen (secondary N) is 1. The Labute approximate surface area is 139 Å². The number of aliphatic hydroxyl groups excluding tert-OH is 1. The molecule has 1 atom stereocenters. The molecule has 24 heavy (non-hydrogen) atoms. The van der Waals surface area contributed by atoms with Crippen molar-refractivity contribution < 1.29 is 23.4 Å². The third-order valence-corrected chi connectivity index (χ3v) is 3.43. The Bertz CT molecular complexity index is 686. The Morgan fingerprint density at radius 2 is 1.88 bits per heavy atom. The summed E-state index contributed by atoms with van der Waals surface area (Å²) in [6.07, 6.45) is 0.0459. The van der Waals surface area contributed by atoms with Gasteiger partial charge in [-0.25, -0.2) is 8.78 Å². The lowest BCUT2D eigenvalue weighted by Crippen LogP contribution is -2.37. The van der Waals surface area contributed by atoms with Crippen LogP contribution in [-0.4, -0.2) is 23.7 Å². The molecule has 2 aromatic carbocycles. The van der Waals surface area contributed by atoms with Crippen molar-refractivity contribution in [2.45, 2.75) is 26.0 Å². The van der Waals surface area contributed by atoms with Crippen LogP contribution in [0.1, 0.15) is 18.1 Å². The van der Waals surface area contributed by atoms with Gasteiger partial charge in [-0.05, 0) is 43.2 Å². The number of ether oxygens (including phenoxy) is 1. The maximum atomic E-state index is 13.6. The minimum absolute atomic E-state index is 0.0459. The third kappa shape index (κ3) is 5.03. The summed E-state index contributed by atoms with van der Waals surface area (Å²) in [5.74, 6) is -1.19. The van der Waals surface area contributed by atoms with Crippen molar-refractivity contribution in [3.63, 3.8) is 0 Å². The largest absolute Gasteiger partial charge is 0.484 e. The number of halogens is 2. The molecule has 6 heteroatoms. The van der Waals surface area contributed by atoms with E-state index in [4.69, 9.17) is 9.84 Å². The molecule has 2 N–H and O–H groups in total. The second kappa shape index (κ2) is 8.40. The Morgan fingerprint density at radius 1 is 1.21 bits per heavy atom. The van der Waals surface area contributed by atoms with Crippen LogP contribution in [-0.2, 0) is 17.8 Å². The zero-order valence-electron chi connectivity index (χ0n) is 13.3. The molecule has 0 radical (unpaired) electrons. The van der Waals surface area contributed by atoms with Gasteiger partial charge in [-0.15, -0.1) is 0 Å². The Balaban J connectivity index is 1.85. The average Bonchev–Trinajstić information content (AvgIpc) is 2.56. The molecule has 0 saturated carbocycles. The fourth-order valence-electron chi connectivity index (χ4n) is 2.28. The van der Waals surface area contributed by atoms with Gasteiger partial charge in [0, 0.05) is 11.6 Å². The van der Waals surface area contributed by atoms with E-state index in [0.29, 0.717) is 11.3 Å². The molecule has 0 spiro atoms. The molecule has 128 valence electrons. The lowest BCUT2D eigenvalue weighted by atomic mass is 10.1. The molecule has 4 nitrogen and oxygen atoms in total. The van der Waals surface area contributed by atoms with Crippen LogP contribution < -0.4 is 10.1 Å². The first kappa shape index (κ1) is 17.9. The van der Waals surface area contributed by atoms with E-state index in [0.717, 1.165) is 0 Å². The fraction of sp³-hybridized carbons (Fsp3) is 0.278. The van der Waals surface area contributed by atoms with Gasteiger partial charge in [-0.3, -0.25) is 4.79 Å². The molecule has 0 unspecified atom stereocenters. The summed E-state index contributed by atoms with van der Waals surface area (Å²) < 4.78 is 32.5. The molecule has 0 heterocycles. The minimum atomic E-state index is -0.631. The number of amides is 1. The van der Waals surface area contributed by atoms with Crippen molar-refractivity contribution in [2.24, 2.45) is 0 Å². The molecule has 0 aromatic heterocycles. The van der Waals surface area contributed by atoms with E-state index in [1.54, 1.807) is 31.2 Å². The molecule has 1 amide bonds. The molecule has 0 aliphatic carbocycles. The van der Waals surface area contributed by atoms with E-state index in [9.17, 15) is 13.6 Å². The monoisotopic (exact) mass is 335 g/mol. The molecule has 2 rings (SSSR count). The number of aliphatic hydroxyl groups is 1. The smallest absolute Gasteiger partial charge is 0.258 e. The molecule has 0 aliphatic heterocycles. The van der Waals surface area contributed by atoms with Gasteiger partial charge in [-0.1, -0.05) is 18.2 Å². The highest BCUT2D eigenvalue weighted by molar-refractivity contribution is 5.77. The van der Waals surface area contributed by atoms with Gasteiger partial charge in [0.25, 0.3) is 5.91 Å². The van der Waals surface area contributed by atoms with E-state index in [1.165, 1.54) is 18.2 Å². The SMILES string of the molecule is C[C@H](Cc1c(F)cccc1F)NC(=O)COc1cccc(CO)c1. The molecule has 2 aromatic rings. The average molecular weight is 335 g/mol. The van der Waals surface area contributed by atoms with Crippen LogP contribution in [0.25, 0.3) is 0 Å². The molecule has 0 fully saturated rings. The van der Waals surface area contributed by atoms with Crippen molar-refractivity contribution in [1.29, 1.82) is 0 Å². The predicted octanol–water partition coefficient (Wildman–Crippen LogP) is 2.58. The van der Waals surface area contributed by atoms with E-state index in [1.807, 2.05) is 0 Å². The van der Waals surface area contributed by atoms with E-state index in [-0.39, 0.29) is 25.2 Å². The summed E-state index contributed by atoms with van der Waals surface area (Å²) >= 11 is 0. The van der Waals surface area contributed by atoms with Crippen molar-refractivity contribution in [2.75, 3.05) is 6.61 Å². The van der Waals surface area contributed by atoms with Gasteiger partial charge >= 0.3 is 0 Å². The first-order valence-electron chi connectivity index (χ1n) is 7.54. The second-order valence-corrected chi connectivity index (χ2v) is 5.47. The van der Waals surface area contributed by atoms with Crippen LogP contribution in [0, 0.1) is 11.6 Å². The van der Waals surface area contributed by atoms with Crippen molar-refractivity contribution in [1.82, 2.24) is 5.32 Å². The topological polar surface area (TPSA) is 58.6 Å². The zero-order valence-corrected chi connectivity index (χ0v) is 13.3. The lowest BCUT2D eigenvalue weighted by molar-refractivity contribution is -0.123. The van der Waals surface area contributed by atoms with Gasteiger partial charge in [0.05, 0.1) is 6.61 Å². The van der Waals surface area contributed by atoms with Crippen LogP contribution in [0.4, 0.5) is 8.78 Å². The van der Waals surface area contributed by atoms with Crippen molar-refractivity contribution in [3.05, 3.63) is 65.2 Å². The highest BCUT2D eigenvalue weighted by atomic mass is 19.1. The lowest BCUT2D eigenvalue weighted by Gasteiger charge is -2.15. The highest BCUT2D eigenvalue weighted by Gasteiger charge is 2.14. The van der Waals surface area contributed by atoms with Gasteiger partial charge in [0.15, 0.2) is 6.61 Å². The Kier molecular flexibility index (Phi) is 6.26. The van der Waals surface area contributed by atoms with Gasteiger partial charge < -0.3 is 15.2 Å². The second-order valence-electron chi connectivity index (χ2n) is 5.47. The number of carbonyl (C=O) groups is 1. The number of benzene rings is 2. The van der Waals surface area contributed by atoms with Crippen LogP contribution in [0.5, 0.6) is 5.75 Å². The summed E-state index contributed by atoms with van der Waals surface area (Å²) in [6.45, 7) is 1.32. The molecule has 0 aliphatic rings. The maximum absolute atomic E-state index is 13.6. The van der Waals surface area contributed by atoms with E-state index < -0.39 is 23.6 Å². The van der Waals surface area contributed by atoms with Gasteiger partial charge in [0.1, 0.15) is 17.4 Å². The van der Waals surface area contributed by atoms with Gasteiger partial charge in [-0.2, -0.15) is 0 Å². The zero-order chi connectivity index (χ0) is 17.5. The number of hydrogen-bond acceptors (Lipinski definition) is 3. The van der Waals surface area contributed by atoms with E-state index >= 15 is 0 Å². The number of carbonyl (C=O) groups excluding carboxylic acids is 1. The maximum Gasteiger partial charge on any atom is 0.258 e. The van der Waals surface area contributed by atoms with Crippen LogP contribution in [0.15, 0.2) is 42.5 Å². The number of hydrogen-bond donors (Lipinski definition) is 2. The first-order chi connectivity index (χ1) is 11.5. The van der Waals surface area contributed by atoms with Crippen LogP contribution in [0.2, 0.25) is 0 Å². The summed E-state index contributed by atoms with van der Waals surface area (Å²) in [7, 11) is 0. The normalized spacial score (nSPS) is 11.8. The Hall–Kier alpha value is -2.47. The molecular formula is C18H19F2NO3. The highest BCUT2D eigenvalue weighted by Crippen LogP contribution is 2.15. The standard InChI is InChI=1S/C18H19F2NO3/c1-12(8-15-16(19)6-3-7-17(15)20)21-18(23)11-24-14-5-2-4-13(9-14)10-22/h2-7,9,12,22H,8,10-11H2,1H3,(H,21,23)/t12-/m1/s1. The summed E-state index contributed by atoms with van der Waals surface area (Å²) in [5, 5.41) is 11.7. The van der Waals surface area contributed by atoms with Crippen molar-refractivity contribution >= 4 is 5.91 Å². The molecular weight excluding hydrogens is 316 g/mol. The summed E-state index contributed by atoms with van der Waals surface area (Å²) in [5.41, 5.74) is 0.623. The fourth-order valence-corrected chi connectivity index (χ4v) is 2.28. The quantitative estimate of drug-likeness (QED) is 0.818. The van der Waals surface area contributed by atoms with Crippen LogP contribution in [0.3, 0.4) is 0 Å². The van der Waals surface area contributed by atoms with E-state index in [2.05, 4.69) is 5.32 Å². The Morgan fingerprint density at radius 3 is 2.54 bits per heavy atom. The molecule has 0 bridgehead atoms. The van der Waals surface area contributed by atoms with Crippen molar-refractivity contribution in [3.8, 4) is 5.75 Å². The van der Waals surface area contributed by atoms with Crippen LogP contribution >= 0.6 is 0 Å². The summed E-state index contributed by atoms with van der Waals surface area (Å²) in [6, 6.07) is 9.97. The predicted molar refractivity (Wildman–Crippen MR) is 85.5 cm³/mol. The minimum Gasteiger partial charge on any atom is -0.484 e. The molecule has 0 saturated heterocycles. The number of rotatable bonds is 7. The third-order valence-electron chi connectivity index (χ3n) is 3.43.